The fraction of sp³-hybridized carbons (Fsp3) is 0.444. The number of fused-ring (bicyclic) bond motifs is 1. The number of anilines is 2. The summed E-state index contributed by atoms with van der Waals surface area (Å²) in [5, 5.41) is 10.2. The second kappa shape index (κ2) is 5.36. The van der Waals surface area contributed by atoms with E-state index >= 15 is 0 Å². The summed E-state index contributed by atoms with van der Waals surface area (Å²) in [6.07, 6.45) is 1.56. The van der Waals surface area contributed by atoms with E-state index in [1.165, 1.54) is 0 Å². The number of rotatable bonds is 6. The molecule has 2 heterocycles. The van der Waals surface area contributed by atoms with Crippen molar-refractivity contribution in [2.45, 2.75) is 6.92 Å². The van der Waals surface area contributed by atoms with E-state index in [9.17, 15) is 8.42 Å². The standard InChI is InChI=1S/C9H15N7O2S/c1-2-19(17,18)4-3-11-7-6-5-12-16-8(6)14-9(13-7)15-10/h5H,2-4,10H2,1H3,(H3,11,12,13,14,15,16). The molecule has 0 atom stereocenters. The smallest absolute Gasteiger partial charge is 0.241 e. The van der Waals surface area contributed by atoms with Crippen molar-refractivity contribution < 1.29 is 8.42 Å². The van der Waals surface area contributed by atoms with E-state index in [4.69, 9.17) is 5.84 Å². The lowest BCUT2D eigenvalue weighted by molar-refractivity contribution is 0.597. The van der Waals surface area contributed by atoms with Crippen LogP contribution in [0.5, 0.6) is 0 Å². The molecule has 5 N–H and O–H groups in total. The number of nitrogens with one attached hydrogen (secondary N) is 3. The van der Waals surface area contributed by atoms with Crippen LogP contribution >= 0.6 is 0 Å². The first-order valence-corrected chi connectivity index (χ1v) is 7.50. The normalized spacial score (nSPS) is 11.7. The maximum atomic E-state index is 11.4. The lowest BCUT2D eigenvalue weighted by atomic mass is 10.4. The van der Waals surface area contributed by atoms with Gasteiger partial charge in [-0.2, -0.15) is 15.1 Å². The van der Waals surface area contributed by atoms with Gasteiger partial charge in [-0.05, 0) is 0 Å². The van der Waals surface area contributed by atoms with Gasteiger partial charge >= 0.3 is 0 Å². The van der Waals surface area contributed by atoms with Crippen molar-refractivity contribution in [3.63, 3.8) is 0 Å². The molecule has 2 aromatic rings. The van der Waals surface area contributed by atoms with Crippen LogP contribution in [-0.4, -0.2) is 46.6 Å². The van der Waals surface area contributed by atoms with Crippen molar-refractivity contribution >= 4 is 32.6 Å². The Balaban J connectivity index is 2.17. The minimum absolute atomic E-state index is 0.0399. The minimum Gasteiger partial charge on any atom is -0.368 e. The quantitative estimate of drug-likeness (QED) is 0.411. The number of H-pyrrole nitrogens is 1. The molecule has 0 aromatic carbocycles. The van der Waals surface area contributed by atoms with Crippen LogP contribution in [0.4, 0.5) is 11.8 Å². The number of hydrogen-bond donors (Lipinski definition) is 4. The molecule has 0 fully saturated rings. The molecule has 10 heteroatoms. The highest BCUT2D eigenvalue weighted by Gasteiger charge is 2.11. The van der Waals surface area contributed by atoms with Crippen LogP contribution in [-0.2, 0) is 9.84 Å². The van der Waals surface area contributed by atoms with Gasteiger partial charge in [0.1, 0.15) is 5.82 Å². The highest BCUT2D eigenvalue weighted by molar-refractivity contribution is 7.91. The van der Waals surface area contributed by atoms with Crippen LogP contribution in [0, 0.1) is 0 Å². The van der Waals surface area contributed by atoms with E-state index in [0.29, 0.717) is 16.9 Å². The van der Waals surface area contributed by atoms with Gasteiger partial charge in [0.05, 0.1) is 17.3 Å². The number of aromatic nitrogens is 4. The first-order chi connectivity index (χ1) is 9.05. The summed E-state index contributed by atoms with van der Waals surface area (Å²) >= 11 is 0. The molecule has 0 saturated heterocycles. The van der Waals surface area contributed by atoms with Crippen molar-refractivity contribution in [3.8, 4) is 0 Å². The number of aromatic amines is 1. The zero-order chi connectivity index (χ0) is 13.9. The zero-order valence-corrected chi connectivity index (χ0v) is 11.2. The van der Waals surface area contributed by atoms with Gasteiger partial charge in [0, 0.05) is 12.3 Å². The lowest BCUT2D eigenvalue weighted by Crippen LogP contribution is -2.18. The number of nitrogen functional groups attached to an aromatic ring is 1. The Bertz CT molecular complexity index is 666. The summed E-state index contributed by atoms with van der Waals surface area (Å²) in [5.74, 6) is 6.13. The molecular weight excluding hydrogens is 270 g/mol. The lowest BCUT2D eigenvalue weighted by Gasteiger charge is -2.07. The molecule has 19 heavy (non-hydrogen) atoms. The van der Waals surface area contributed by atoms with Crippen LogP contribution in [0.2, 0.25) is 0 Å². The van der Waals surface area contributed by atoms with Gasteiger partial charge in [0.25, 0.3) is 0 Å². The van der Waals surface area contributed by atoms with Gasteiger partial charge in [-0.1, -0.05) is 6.92 Å². The molecular formula is C9H15N7O2S. The van der Waals surface area contributed by atoms with E-state index in [2.05, 4.69) is 30.9 Å². The zero-order valence-electron chi connectivity index (χ0n) is 10.3. The second-order valence-corrected chi connectivity index (χ2v) is 6.31. The van der Waals surface area contributed by atoms with E-state index in [-0.39, 0.29) is 24.0 Å². The summed E-state index contributed by atoms with van der Waals surface area (Å²) in [5.41, 5.74) is 2.86. The van der Waals surface area contributed by atoms with Crippen LogP contribution in [0.1, 0.15) is 6.92 Å². The predicted molar refractivity (Wildman–Crippen MR) is 72.3 cm³/mol. The molecule has 0 spiro atoms. The number of hydrazine groups is 1. The first-order valence-electron chi connectivity index (χ1n) is 5.67. The maximum Gasteiger partial charge on any atom is 0.241 e. The first kappa shape index (κ1) is 13.5. The molecule has 0 amide bonds. The minimum atomic E-state index is -3.01. The fourth-order valence-electron chi connectivity index (χ4n) is 1.50. The molecule has 0 bridgehead atoms. The van der Waals surface area contributed by atoms with Crippen molar-refractivity contribution in [2.24, 2.45) is 5.84 Å². The summed E-state index contributed by atoms with van der Waals surface area (Å²) in [4.78, 5) is 8.19. The molecule has 0 radical (unpaired) electrons. The molecule has 104 valence electrons. The Morgan fingerprint density at radius 1 is 1.42 bits per heavy atom. The second-order valence-electron chi connectivity index (χ2n) is 3.84. The third-order valence-electron chi connectivity index (χ3n) is 2.58. The maximum absolute atomic E-state index is 11.4. The van der Waals surface area contributed by atoms with Crippen molar-refractivity contribution in [1.29, 1.82) is 0 Å². The molecule has 2 aromatic heterocycles. The molecule has 9 nitrogen and oxygen atoms in total. The van der Waals surface area contributed by atoms with Crippen LogP contribution in [0.3, 0.4) is 0 Å². The van der Waals surface area contributed by atoms with Crippen LogP contribution in [0.15, 0.2) is 6.20 Å². The van der Waals surface area contributed by atoms with E-state index in [0.717, 1.165) is 0 Å². The molecule has 0 unspecified atom stereocenters. The Hall–Kier alpha value is -1.94. The molecule has 0 aliphatic rings. The highest BCUT2D eigenvalue weighted by atomic mass is 32.2. The third-order valence-corrected chi connectivity index (χ3v) is 4.29. The topological polar surface area (TPSA) is 139 Å². The fourth-order valence-corrected chi connectivity index (χ4v) is 2.21. The van der Waals surface area contributed by atoms with Crippen molar-refractivity contribution in [3.05, 3.63) is 6.20 Å². The van der Waals surface area contributed by atoms with E-state index < -0.39 is 9.84 Å². The van der Waals surface area contributed by atoms with Crippen LogP contribution in [0.25, 0.3) is 11.0 Å². The van der Waals surface area contributed by atoms with Gasteiger partial charge in [-0.15, -0.1) is 0 Å². The van der Waals surface area contributed by atoms with Crippen molar-refractivity contribution in [2.75, 3.05) is 28.8 Å². The Kier molecular flexibility index (Phi) is 3.81. The van der Waals surface area contributed by atoms with Gasteiger partial charge in [0.15, 0.2) is 15.5 Å². The number of sulfone groups is 1. The predicted octanol–water partition coefficient (Wildman–Crippen LogP) is -0.515. The number of nitrogens with zero attached hydrogens (tertiary/aromatic N) is 3. The average Bonchev–Trinajstić information content (AvgIpc) is 2.86. The average molecular weight is 285 g/mol. The van der Waals surface area contributed by atoms with E-state index in [1.807, 2.05) is 0 Å². The highest BCUT2D eigenvalue weighted by Crippen LogP contribution is 2.19. The summed E-state index contributed by atoms with van der Waals surface area (Å²) < 4.78 is 22.8. The Morgan fingerprint density at radius 2 is 2.21 bits per heavy atom. The summed E-state index contributed by atoms with van der Waals surface area (Å²) in [6.45, 7) is 1.88. The Morgan fingerprint density at radius 3 is 2.89 bits per heavy atom. The SMILES string of the molecule is CCS(=O)(=O)CCNc1nc(NN)nc2[nH]ncc12. The van der Waals surface area contributed by atoms with Gasteiger partial charge < -0.3 is 5.32 Å². The third kappa shape index (κ3) is 3.09. The molecule has 0 saturated carbocycles. The van der Waals surface area contributed by atoms with E-state index in [1.54, 1.807) is 13.1 Å². The summed E-state index contributed by atoms with van der Waals surface area (Å²) in [6, 6.07) is 0. The number of nitrogens with two attached hydrogens (primary N) is 1. The Labute approximate surface area is 109 Å². The summed E-state index contributed by atoms with van der Waals surface area (Å²) in [7, 11) is -3.01. The van der Waals surface area contributed by atoms with Crippen molar-refractivity contribution in [1.82, 2.24) is 20.2 Å². The van der Waals surface area contributed by atoms with Gasteiger partial charge in [0.2, 0.25) is 5.95 Å². The monoisotopic (exact) mass is 285 g/mol. The van der Waals surface area contributed by atoms with Gasteiger partial charge in [-0.3, -0.25) is 10.5 Å². The molecule has 2 rings (SSSR count). The van der Waals surface area contributed by atoms with Gasteiger partial charge in [-0.25, -0.2) is 14.3 Å². The largest absolute Gasteiger partial charge is 0.368 e. The number of hydrogen-bond acceptors (Lipinski definition) is 8. The molecule has 0 aliphatic carbocycles. The van der Waals surface area contributed by atoms with Crippen LogP contribution < -0.4 is 16.6 Å². The molecule has 0 aliphatic heterocycles.